The molecule has 6 heteroatoms. The molecule has 0 radical (unpaired) electrons. The van der Waals surface area contributed by atoms with Crippen molar-refractivity contribution in [1.29, 1.82) is 0 Å². The fourth-order valence-corrected chi connectivity index (χ4v) is 0.425. The molecule has 0 aliphatic rings. The van der Waals surface area contributed by atoms with Gasteiger partial charge in [-0.15, -0.1) is 4.20 Å². The maximum absolute atomic E-state index is 10.4. The van der Waals surface area contributed by atoms with Crippen molar-refractivity contribution < 1.29 is 0 Å². The zero-order valence-electron chi connectivity index (χ0n) is 4.17. The van der Waals surface area contributed by atoms with E-state index in [4.69, 9.17) is 11.8 Å². The molecule has 48 valence electrons. The fraction of sp³-hybridized carbons (Fsp3) is 0. The summed E-state index contributed by atoms with van der Waals surface area (Å²) in [6.45, 7) is 0. The average molecular weight is 148 g/mol. The summed E-state index contributed by atoms with van der Waals surface area (Å²) in [6.07, 6.45) is 0.911. The van der Waals surface area contributed by atoms with Crippen LogP contribution in [0.1, 0.15) is 0 Å². The molecule has 0 amide bonds. The minimum absolute atomic E-state index is 0.515. The second-order valence-corrected chi connectivity index (χ2v) is 1.62. The van der Waals surface area contributed by atoms with Crippen LogP contribution in [0.3, 0.4) is 0 Å². The van der Waals surface area contributed by atoms with Crippen LogP contribution in [-0.2, 0) is 0 Å². The summed E-state index contributed by atoms with van der Waals surface area (Å²) < 4.78 is 0.515. The molecule has 0 saturated heterocycles. The molecule has 1 aromatic heterocycles. The summed E-state index contributed by atoms with van der Waals surface area (Å²) in [5.41, 5.74) is -1.29. The number of nitrogens with one attached hydrogen (secondary N) is 1. The van der Waals surface area contributed by atoms with E-state index in [9.17, 15) is 9.59 Å². The van der Waals surface area contributed by atoms with E-state index in [1.54, 1.807) is 0 Å². The van der Waals surface area contributed by atoms with Gasteiger partial charge in [-0.2, -0.15) is 5.10 Å². The quantitative estimate of drug-likeness (QED) is 0.508. The van der Waals surface area contributed by atoms with Crippen LogP contribution in [0.5, 0.6) is 0 Å². The third-order valence-corrected chi connectivity index (χ3v) is 0.915. The summed E-state index contributed by atoms with van der Waals surface area (Å²) in [5, 5.41) is 3.20. The van der Waals surface area contributed by atoms with Gasteiger partial charge in [0.05, 0.1) is 0 Å². The monoisotopic (exact) mass is 147 g/mol. The lowest BCUT2D eigenvalue weighted by Crippen LogP contribution is -2.26. The largest absolute Gasteiger partial charge is 0.360 e. The molecule has 0 aliphatic carbocycles. The van der Waals surface area contributed by atoms with Gasteiger partial charge in [-0.1, -0.05) is 0 Å². The summed E-state index contributed by atoms with van der Waals surface area (Å²) in [7, 11) is 0. The van der Waals surface area contributed by atoms with Gasteiger partial charge in [-0.3, -0.25) is 9.78 Å². The van der Waals surface area contributed by atoms with Crippen LogP contribution in [0.15, 0.2) is 15.8 Å². The minimum atomic E-state index is -0.732. The molecule has 0 unspecified atom stereocenters. The Morgan fingerprint density at radius 2 is 2.33 bits per heavy atom. The van der Waals surface area contributed by atoms with Crippen molar-refractivity contribution in [2.45, 2.75) is 0 Å². The van der Waals surface area contributed by atoms with Crippen molar-refractivity contribution in [2.75, 3.05) is 0 Å². The van der Waals surface area contributed by atoms with Crippen LogP contribution in [0.4, 0.5) is 0 Å². The van der Waals surface area contributed by atoms with E-state index in [0.717, 1.165) is 6.20 Å². The first-order valence-corrected chi connectivity index (χ1v) is 2.39. The standard InChI is InChI=1S/C3H2ClN3O2/c4-7-3(9)6-2(8)1-5-7/h1H,(H,6,8,9). The predicted octanol–water partition coefficient (Wildman–Crippen LogP) is -1.07. The molecule has 0 atom stereocenters. The van der Waals surface area contributed by atoms with Gasteiger partial charge in [0, 0.05) is 11.8 Å². The molecule has 0 fully saturated rings. The van der Waals surface area contributed by atoms with Crippen molar-refractivity contribution in [1.82, 2.24) is 14.3 Å². The molecule has 1 N–H and O–H groups in total. The Bertz CT molecular complexity index is 313. The number of aromatic amines is 1. The third kappa shape index (κ3) is 1.17. The Morgan fingerprint density at radius 1 is 1.67 bits per heavy atom. The SMILES string of the molecule is O=c1cnn(Cl)c(=O)[nH]1. The molecular weight excluding hydrogens is 146 g/mol. The van der Waals surface area contributed by atoms with Crippen LogP contribution in [0.25, 0.3) is 0 Å². The van der Waals surface area contributed by atoms with Gasteiger partial charge in [0.2, 0.25) is 0 Å². The molecule has 0 aliphatic heterocycles. The molecule has 0 bridgehead atoms. The molecule has 1 rings (SSSR count). The highest BCUT2D eigenvalue weighted by Crippen LogP contribution is 1.66. The zero-order chi connectivity index (χ0) is 6.85. The van der Waals surface area contributed by atoms with Crippen molar-refractivity contribution >= 4 is 11.8 Å². The van der Waals surface area contributed by atoms with Crippen LogP contribution < -0.4 is 11.2 Å². The first kappa shape index (κ1) is 6.03. The lowest BCUT2D eigenvalue weighted by atomic mass is 10.9. The van der Waals surface area contributed by atoms with Crippen LogP contribution in [0.2, 0.25) is 0 Å². The van der Waals surface area contributed by atoms with E-state index < -0.39 is 11.2 Å². The van der Waals surface area contributed by atoms with Gasteiger partial charge in [0.15, 0.2) is 0 Å². The van der Waals surface area contributed by atoms with Crippen LogP contribution in [0, 0.1) is 0 Å². The van der Waals surface area contributed by atoms with Gasteiger partial charge >= 0.3 is 5.69 Å². The van der Waals surface area contributed by atoms with E-state index in [1.807, 2.05) is 4.98 Å². The summed E-state index contributed by atoms with van der Waals surface area (Å²) in [6, 6.07) is 0. The average Bonchev–Trinajstić information content (AvgIpc) is 1.80. The summed E-state index contributed by atoms with van der Waals surface area (Å²) in [5.74, 6) is 0. The Kier molecular flexibility index (Phi) is 1.35. The number of hydrogen-bond donors (Lipinski definition) is 1. The zero-order valence-corrected chi connectivity index (χ0v) is 4.92. The maximum Gasteiger partial charge on any atom is 0.360 e. The predicted molar refractivity (Wildman–Crippen MR) is 30.4 cm³/mol. The van der Waals surface area contributed by atoms with Crippen molar-refractivity contribution in [3.63, 3.8) is 0 Å². The summed E-state index contributed by atoms with van der Waals surface area (Å²) in [4.78, 5) is 22.5. The van der Waals surface area contributed by atoms with E-state index in [0.29, 0.717) is 4.20 Å². The van der Waals surface area contributed by atoms with Crippen molar-refractivity contribution in [3.8, 4) is 0 Å². The van der Waals surface area contributed by atoms with Crippen LogP contribution >= 0.6 is 11.8 Å². The lowest BCUT2D eigenvalue weighted by Gasteiger charge is -1.84. The first-order valence-electron chi connectivity index (χ1n) is 2.05. The molecule has 0 spiro atoms. The van der Waals surface area contributed by atoms with E-state index in [-0.39, 0.29) is 0 Å². The Hall–Kier alpha value is -1.10. The number of nitrogens with zero attached hydrogens (tertiary/aromatic N) is 2. The Balaban J connectivity index is 3.52. The van der Waals surface area contributed by atoms with Gasteiger partial charge in [0.1, 0.15) is 6.20 Å². The molecule has 0 saturated carbocycles. The summed E-state index contributed by atoms with van der Waals surface area (Å²) >= 11 is 5.10. The van der Waals surface area contributed by atoms with Gasteiger partial charge in [-0.05, 0) is 0 Å². The highest BCUT2D eigenvalue weighted by atomic mass is 35.5. The second-order valence-electron chi connectivity index (χ2n) is 1.30. The number of hydrogen-bond acceptors (Lipinski definition) is 3. The lowest BCUT2D eigenvalue weighted by molar-refractivity contribution is 0.824. The molecule has 0 aromatic carbocycles. The Labute approximate surface area is 54.0 Å². The van der Waals surface area contributed by atoms with Gasteiger partial charge in [-0.25, -0.2) is 4.79 Å². The molecular formula is C3H2ClN3O2. The molecule has 1 aromatic rings. The van der Waals surface area contributed by atoms with E-state index >= 15 is 0 Å². The highest BCUT2D eigenvalue weighted by Gasteiger charge is 1.89. The van der Waals surface area contributed by atoms with Crippen LogP contribution in [-0.4, -0.2) is 14.3 Å². The number of H-pyrrole nitrogens is 1. The minimum Gasteiger partial charge on any atom is -0.270 e. The smallest absolute Gasteiger partial charge is 0.270 e. The Morgan fingerprint density at radius 3 is 2.78 bits per heavy atom. The van der Waals surface area contributed by atoms with Gasteiger partial charge < -0.3 is 0 Å². The van der Waals surface area contributed by atoms with Gasteiger partial charge in [0.25, 0.3) is 5.56 Å². The van der Waals surface area contributed by atoms with Crippen molar-refractivity contribution in [2.24, 2.45) is 0 Å². The van der Waals surface area contributed by atoms with Crippen molar-refractivity contribution in [3.05, 3.63) is 27.0 Å². The number of aromatic nitrogens is 3. The molecule has 5 nitrogen and oxygen atoms in total. The topological polar surface area (TPSA) is 67.8 Å². The highest BCUT2D eigenvalue weighted by molar-refractivity contribution is 6.14. The third-order valence-electron chi connectivity index (χ3n) is 0.674. The second kappa shape index (κ2) is 2.02. The number of rotatable bonds is 0. The maximum atomic E-state index is 10.4. The van der Waals surface area contributed by atoms with E-state index in [1.165, 1.54) is 0 Å². The first-order chi connectivity index (χ1) is 4.20. The molecule has 9 heavy (non-hydrogen) atoms. The molecule has 1 heterocycles. The van der Waals surface area contributed by atoms with E-state index in [2.05, 4.69) is 5.10 Å². The normalized spacial score (nSPS) is 9.44. The fourth-order valence-electron chi connectivity index (χ4n) is 0.339. The number of halogens is 1.